The first kappa shape index (κ1) is 12.2. The van der Waals surface area contributed by atoms with Gasteiger partial charge in [-0.2, -0.15) is 4.98 Å². The van der Waals surface area contributed by atoms with Gasteiger partial charge in [0.1, 0.15) is 11.5 Å². The fourth-order valence-electron chi connectivity index (χ4n) is 2.60. The number of aryl methyl sites for hydroxylation is 1. The Labute approximate surface area is 111 Å². The highest BCUT2D eigenvalue weighted by Crippen LogP contribution is 2.39. The molecule has 1 aliphatic rings. The summed E-state index contributed by atoms with van der Waals surface area (Å²) >= 11 is 0. The first-order chi connectivity index (χ1) is 9.09. The van der Waals surface area contributed by atoms with Crippen molar-refractivity contribution >= 4 is 0 Å². The second kappa shape index (κ2) is 4.38. The van der Waals surface area contributed by atoms with Crippen molar-refractivity contribution in [1.82, 2.24) is 20.1 Å². The molecule has 0 aliphatic heterocycles. The molecule has 3 rings (SSSR count). The van der Waals surface area contributed by atoms with E-state index in [1.54, 1.807) is 12.3 Å². The van der Waals surface area contributed by atoms with Gasteiger partial charge in [0.25, 0.3) is 0 Å². The number of aromatic nitrogens is 4. The highest BCUT2D eigenvalue weighted by atomic mass is 16.5. The van der Waals surface area contributed by atoms with Gasteiger partial charge in [-0.25, -0.2) is 9.97 Å². The monoisotopic (exact) mass is 259 g/mol. The van der Waals surface area contributed by atoms with Crippen molar-refractivity contribution in [2.24, 2.45) is 5.73 Å². The third-order valence-corrected chi connectivity index (χ3v) is 3.95. The highest BCUT2D eigenvalue weighted by molar-refractivity contribution is 5.47. The number of hydrogen-bond donors (Lipinski definition) is 1. The number of nitrogens with two attached hydrogens (primary N) is 1. The van der Waals surface area contributed by atoms with Crippen molar-refractivity contribution in [3.63, 3.8) is 0 Å². The molecule has 0 saturated heterocycles. The summed E-state index contributed by atoms with van der Waals surface area (Å²) < 4.78 is 5.41. The van der Waals surface area contributed by atoms with Gasteiger partial charge in [0.2, 0.25) is 11.7 Å². The van der Waals surface area contributed by atoms with E-state index in [1.807, 2.05) is 6.92 Å². The predicted octanol–water partition coefficient (Wildman–Crippen LogP) is 1.60. The number of nitrogens with zero attached hydrogens (tertiary/aromatic N) is 4. The molecule has 2 heterocycles. The highest BCUT2D eigenvalue weighted by Gasteiger charge is 2.42. The number of rotatable bonds is 2. The van der Waals surface area contributed by atoms with Gasteiger partial charge in [-0.05, 0) is 32.8 Å². The van der Waals surface area contributed by atoms with Gasteiger partial charge in [0.15, 0.2) is 0 Å². The topological polar surface area (TPSA) is 90.7 Å². The fourth-order valence-corrected chi connectivity index (χ4v) is 2.60. The molecule has 1 saturated carbocycles. The molecule has 0 radical (unpaired) electrons. The minimum Gasteiger partial charge on any atom is -0.338 e. The molecule has 2 N–H and O–H groups in total. The third-order valence-electron chi connectivity index (χ3n) is 3.95. The van der Waals surface area contributed by atoms with Crippen LogP contribution in [0.3, 0.4) is 0 Å². The standard InChI is InChI=1S/C13H17N5O/c1-8-15-7-5-9(16-8)11-17-12(19-18-11)13(2)6-3-4-10(13)14/h5,7,10H,3-4,6,14H2,1-2H3. The van der Waals surface area contributed by atoms with E-state index in [1.165, 1.54) is 0 Å². The Balaban J connectivity index is 1.96. The molecule has 2 atom stereocenters. The van der Waals surface area contributed by atoms with Gasteiger partial charge in [-0.15, -0.1) is 0 Å². The summed E-state index contributed by atoms with van der Waals surface area (Å²) in [5, 5.41) is 4.02. The van der Waals surface area contributed by atoms with Crippen LogP contribution in [-0.2, 0) is 5.41 Å². The Kier molecular flexibility index (Phi) is 2.82. The molecule has 1 fully saturated rings. The van der Waals surface area contributed by atoms with Crippen LogP contribution in [0.5, 0.6) is 0 Å². The molecule has 6 heteroatoms. The van der Waals surface area contributed by atoms with E-state index in [-0.39, 0.29) is 11.5 Å². The first-order valence-electron chi connectivity index (χ1n) is 6.49. The van der Waals surface area contributed by atoms with Crippen LogP contribution in [0.15, 0.2) is 16.8 Å². The summed E-state index contributed by atoms with van der Waals surface area (Å²) in [6.07, 6.45) is 4.78. The van der Waals surface area contributed by atoms with Crippen molar-refractivity contribution in [1.29, 1.82) is 0 Å². The lowest BCUT2D eigenvalue weighted by Gasteiger charge is -2.23. The van der Waals surface area contributed by atoms with Gasteiger partial charge < -0.3 is 10.3 Å². The molecule has 19 heavy (non-hydrogen) atoms. The maximum atomic E-state index is 6.16. The molecule has 2 aromatic rings. The second-order valence-electron chi connectivity index (χ2n) is 5.33. The average molecular weight is 259 g/mol. The van der Waals surface area contributed by atoms with Gasteiger partial charge in [-0.1, -0.05) is 11.6 Å². The molecule has 2 unspecified atom stereocenters. The van der Waals surface area contributed by atoms with Crippen molar-refractivity contribution in [3.8, 4) is 11.5 Å². The zero-order chi connectivity index (χ0) is 13.5. The lowest BCUT2D eigenvalue weighted by atomic mass is 9.85. The normalized spacial score (nSPS) is 26.8. The minimum absolute atomic E-state index is 0.0768. The smallest absolute Gasteiger partial charge is 0.234 e. The summed E-state index contributed by atoms with van der Waals surface area (Å²) in [4.78, 5) is 12.8. The Morgan fingerprint density at radius 3 is 2.95 bits per heavy atom. The summed E-state index contributed by atoms with van der Waals surface area (Å²) in [7, 11) is 0. The molecule has 0 amide bonds. The lowest BCUT2D eigenvalue weighted by molar-refractivity contribution is 0.278. The zero-order valence-corrected chi connectivity index (χ0v) is 11.1. The summed E-state index contributed by atoms with van der Waals surface area (Å²) in [5.41, 5.74) is 6.63. The third kappa shape index (κ3) is 2.02. The van der Waals surface area contributed by atoms with Crippen molar-refractivity contribution in [2.45, 2.75) is 44.6 Å². The molecule has 6 nitrogen and oxygen atoms in total. The van der Waals surface area contributed by atoms with Gasteiger partial charge in [0, 0.05) is 12.2 Å². The Bertz CT molecular complexity index is 596. The molecule has 1 aliphatic carbocycles. The largest absolute Gasteiger partial charge is 0.338 e. The van der Waals surface area contributed by atoms with Crippen molar-refractivity contribution in [3.05, 3.63) is 24.0 Å². The quantitative estimate of drug-likeness (QED) is 0.881. The SMILES string of the molecule is Cc1nccc(-c2noc(C3(C)CCCC3N)n2)n1. The lowest BCUT2D eigenvalue weighted by Crippen LogP contribution is -2.38. The van der Waals surface area contributed by atoms with Crippen LogP contribution in [0.4, 0.5) is 0 Å². The average Bonchev–Trinajstić information content (AvgIpc) is 2.99. The zero-order valence-electron chi connectivity index (χ0n) is 11.1. The van der Waals surface area contributed by atoms with Crippen LogP contribution in [0.2, 0.25) is 0 Å². The van der Waals surface area contributed by atoms with Gasteiger partial charge >= 0.3 is 0 Å². The second-order valence-corrected chi connectivity index (χ2v) is 5.33. The van der Waals surface area contributed by atoms with E-state index < -0.39 is 0 Å². The van der Waals surface area contributed by atoms with Crippen LogP contribution in [0, 0.1) is 6.92 Å². The van der Waals surface area contributed by atoms with Crippen LogP contribution < -0.4 is 5.73 Å². The van der Waals surface area contributed by atoms with E-state index in [0.29, 0.717) is 23.2 Å². The van der Waals surface area contributed by atoms with Gasteiger partial charge in [0.05, 0.1) is 5.41 Å². The molecule has 0 bridgehead atoms. The molecule has 100 valence electrons. The van der Waals surface area contributed by atoms with Crippen LogP contribution >= 0.6 is 0 Å². The summed E-state index contributed by atoms with van der Waals surface area (Å²) in [6, 6.07) is 1.85. The predicted molar refractivity (Wildman–Crippen MR) is 69.2 cm³/mol. The number of hydrogen-bond acceptors (Lipinski definition) is 6. The Morgan fingerprint density at radius 2 is 2.26 bits per heavy atom. The van der Waals surface area contributed by atoms with Crippen LogP contribution in [0.25, 0.3) is 11.5 Å². The van der Waals surface area contributed by atoms with E-state index in [0.717, 1.165) is 19.3 Å². The van der Waals surface area contributed by atoms with Crippen molar-refractivity contribution in [2.75, 3.05) is 0 Å². The van der Waals surface area contributed by atoms with E-state index >= 15 is 0 Å². The van der Waals surface area contributed by atoms with Crippen LogP contribution in [0.1, 0.15) is 37.9 Å². The summed E-state index contributed by atoms with van der Waals surface area (Å²) in [5.74, 6) is 1.80. The van der Waals surface area contributed by atoms with E-state index in [2.05, 4.69) is 27.0 Å². The Morgan fingerprint density at radius 1 is 1.42 bits per heavy atom. The molecule has 0 aromatic carbocycles. The molecule has 2 aromatic heterocycles. The minimum atomic E-state index is -0.215. The van der Waals surface area contributed by atoms with Crippen molar-refractivity contribution < 1.29 is 4.52 Å². The molecule has 0 spiro atoms. The van der Waals surface area contributed by atoms with Crippen LogP contribution in [-0.4, -0.2) is 26.2 Å². The maximum absolute atomic E-state index is 6.16. The fraction of sp³-hybridized carbons (Fsp3) is 0.538. The first-order valence-corrected chi connectivity index (χ1v) is 6.49. The van der Waals surface area contributed by atoms with E-state index in [9.17, 15) is 0 Å². The Hall–Kier alpha value is -1.82. The molecular weight excluding hydrogens is 242 g/mol. The maximum Gasteiger partial charge on any atom is 0.234 e. The van der Waals surface area contributed by atoms with Gasteiger partial charge in [-0.3, -0.25) is 0 Å². The molecular formula is C13H17N5O. The summed E-state index contributed by atoms with van der Waals surface area (Å²) in [6.45, 7) is 3.92. The van der Waals surface area contributed by atoms with E-state index in [4.69, 9.17) is 10.3 Å².